The number of benzene rings is 1. The van der Waals surface area contributed by atoms with Crippen molar-refractivity contribution >= 4 is 46.5 Å². The van der Waals surface area contributed by atoms with Crippen molar-refractivity contribution in [2.24, 2.45) is 0 Å². The number of methoxy groups -OCH3 is 1. The molecule has 0 atom stereocenters. The van der Waals surface area contributed by atoms with Gasteiger partial charge in [0, 0.05) is 36.8 Å². The Kier molecular flexibility index (Phi) is 4.45. The highest BCUT2D eigenvalue weighted by Crippen LogP contribution is 2.34. The molecule has 23 heavy (non-hydrogen) atoms. The van der Waals surface area contributed by atoms with Crippen molar-refractivity contribution in [3.8, 4) is 5.75 Å². The number of carbonyl (C=O) groups is 2. The topological polar surface area (TPSA) is 65.6 Å². The van der Waals surface area contributed by atoms with E-state index in [0.29, 0.717) is 42.9 Å². The first-order valence-electron chi connectivity index (χ1n) is 7.19. The van der Waals surface area contributed by atoms with Gasteiger partial charge in [-0.1, -0.05) is 0 Å². The second-order valence-electron chi connectivity index (χ2n) is 5.36. The van der Waals surface area contributed by atoms with Crippen LogP contribution in [-0.4, -0.2) is 67.7 Å². The average Bonchev–Trinajstić information content (AvgIpc) is 3.00. The first-order chi connectivity index (χ1) is 11.0. The summed E-state index contributed by atoms with van der Waals surface area (Å²) in [5.74, 6) is -0.508. The van der Waals surface area contributed by atoms with Gasteiger partial charge in [-0.25, -0.2) is 0 Å². The number of H-pyrrole nitrogens is 1. The van der Waals surface area contributed by atoms with E-state index in [1.165, 1.54) is 12.0 Å². The number of aromatic amines is 1. The largest absolute Gasteiger partial charge is 0.496 e. The van der Waals surface area contributed by atoms with Crippen LogP contribution in [0.15, 0.2) is 22.8 Å². The molecule has 0 spiro atoms. The van der Waals surface area contributed by atoms with E-state index in [9.17, 15) is 9.59 Å². The molecular formula is C15H15BBrN3O3. The van der Waals surface area contributed by atoms with Gasteiger partial charge in [0.05, 0.1) is 23.6 Å². The molecule has 1 saturated heterocycles. The lowest BCUT2D eigenvalue weighted by Crippen LogP contribution is -2.49. The summed E-state index contributed by atoms with van der Waals surface area (Å²) < 4.78 is 6.13. The highest BCUT2D eigenvalue weighted by molar-refractivity contribution is 9.10. The lowest BCUT2D eigenvalue weighted by molar-refractivity contribution is -0.127. The number of hydrogen-bond donors (Lipinski definition) is 1. The summed E-state index contributed by atoms with van der Waals surface area (Å²) >= 11 is 3.43. The standard InChI is InChI=1S/C15H15BBrN3O3/c1-23-11-3-2-10(17)13-12(11)9(8-18-13)14(21)15(22)19-4-6-20(16)7-5-19/h2-3,8,18H,4-7H2,1H3. The molecule has 1 fully saturated rings. The van der Waals surface area contributed by atoms with Gasteiger partial charge in [0.1, 0.15) is 5.75 Å². The molecular weight excluding hydrogens is 361 g/mol. The van der Waals surface area contributed by atoms with Crippen LogP contribution in [-0.2, 0) is 4.79 Å². The number of ketones is 1. The van der Waals surface area contributed by atoms with Crippen LogP contribution in [0.5, 0.6) is 5.75 Å². The first kappa shape index (κ1) is 16.1. The molecule has 1 aromatic heterocycles. The molecule has 1 N–H and O–H groups in total. The third-order valence-corrected chi connectivity index (χ3v) is 4.67. The van der Waals surface area contributed by atoms with E-state index in [0.717, 1.165) is 9.99 Å². The number of halogens is 1. The Morgan fingerprint density at radius 3 is 2.61 bits per heavy atom. The van der Waals surface area contributed by atoms with Crippen LogP contribution in [0.1, 0.15) is 10.4 Å². The summed E-state index contributed by atoms with van der Waals surface area (Å²) in [6.07, 6.45) is 1.55. The number of fused-ring (bicyclic) bond motifs is 1. The van der Waals surface area contributed by atoms with E-state index in [4.69, 9.17) is 12.7 Å². The molecule has 2 aromatic rings. The third-order valence-electron chi connectivity index (χ3n) is 4.01. The van der Waals surface area contributed by atoms with Crippen LogP contribution in [0.4, 0.5) is 0 Å². The molecule has 0 bridgehead atoms. The predicted octanol–water partition coefficient (Wildman–Crippen LogP) is 1.35. The molecule has 2 radical (unpaired) electrons. The molecule has 0 aliphatic carbocycles. The van der Waals surface area contributed by atoms with Gasteiger partial charge in [-0.15, -0.1) is 0 Å². The maximum Gasteiger partial charge on any atom is 0.295 e. The molecule has 0 saturated carbocycles. The number of aromatic nitrogens is 1. The molecule has 2 heterocycles. The Morgan fingerprint density at radius 1 is 1.26 bits per heavy atom. The smallest absolute Gasteiger partial charge is 0.295 e. The second kappa shape index (κ2) is 6.37. The number of amides is 1. The van der Waals surface area contributed by atoms with E-state index in [1.807, 2.05) is 6.07 Å². The number of carbonyl (C=O) groups excluding carboxylic acids is 2. The van der Waals surface area contributed by atoms with Crippen molar-refractivity contribution in [2.75, 3.05) is 33.3 Å². The van der Waals surface area contributed by atoms with Gasteiger partial charge in [0.25, 0.3) is 11.7 Å². The van der Waals surface area contributed by atoms with Crippen LogP contribution < -0.4 is 4.74 Å². The van der Waals surface area contributed by atoms with Crippen LogP contribution in [0.25, 0.3) is 10.9 Å². The summed E-state index contributed by atoms with van der Waals surface area (Å²) in [4.78, 5) is 31.3. The zero-order chi connectivity index (χ0) is 16.6. The molecule has 6 nitrogen and oxygen atoms in total. The summed E-state index contributed by atoms with van der Waals surface area (Å²) in [6, 6.07) is 3.59. The number of nitrogens with one attached hydrogen (secondary N) is 1. The first-order valence-corrected chi connectivity index (χ1v) is 7.99. The van der Waals surface area contributed by atoms with Crippen molar-refractivity contribution in [1.82, 2.24) is 14.7 Å². The highest BCUT2D eigenvalue weighted by atomic mass is 79.9. The molecule has 8 heteroatoms. The van der Waals surface area contributed by atoms with Crippen LogP contribution >= 0.6 is 15.9 Å². The Hall–Kier alpha value is -1.80. The third kappa shape index (κ3) is 2.88. The summed E-state index contributed by atoms with van der Waals surface area (Å²) in [7, 11) is 7.21. The van der Waals surface area contributed by atoms with E-state index >= 15 is 0 Å². The zero-order valence-electron chi connectivity index (χ0n) is 12.6. The minimum absolute atomic E-state index is 0.318. The lowest BCUT2D eigenvalue weighted by Gasteiger charge is -2.32. The predicted molar refractivity (Wildman–Crippen MR) is 90.8 cm³/mol. The number of nitrogens with zero attached hydrogens (tertiary/aromatic N) is 2. The Morgan fingerprint density at radius 2 is 1.96 bits per heavy atom. The molecule has 1 amide bonds. The van der Waals surface area contributed by atoms with Gasteiger partial charge in [0.2, 0.25) is 0 Å². The maximum atomic E-state index is 12.7. The van der Waals surface area contributed by atoms with Crippen molar-refractivity contribution < 1.29 is 14.3 Å². The number of piperazine rings is 1. The van der Waals surface area contributed by atoms with Crippen molar-refractivity contribution in [1.29, 1.82) is 0 Å². The SMILES string of the molecule is [B]N1CCN(C(=O)C(=O)c2c[nH]c3c(Br)ccc(OC)c23)CC1. The van der Waals surface area contributed by atoms with Gasteiger partial charge in [-0.3, -0.25) is 9.59 Å². The zero-order valence-corrected chi connectivity index (χ0v) is 14.2. The van der Waals surface area contributed by atoms with Crippen LogP contribution in [0, 0.1) is 0 Å². The molecule has 1 aliphatic heterocycles. The summed E-state index contributed by atoms with van der Waals surface area (Å²) in [6.45, 7) is 2.01. The van der Waals surface area contributed by atoms with Crippen molar-refractivity contribution in [3.05, 3.63) is 28.4 Å². The van der Waals surface area contributed by atoms with Gasteiger partial charge in [-0.05, 0) is 28.1 Å². The Balaban J connectivity index is 1.95. The molecule has 1 aromatic carbocycles. The highest BCUT2D eigenvalue weighted by Gasteiger charge is 2.28. The minimum atomic E-state index is -0.543. The van der Waals surface area contributed by atoms with Gasteiger partial charge < -0.3 is 19.4 Å². The summed E-state index contributed by atoms with van der Waals surface area (Å²) in [5, 5.41) is 0.609. The van der Waals surface area contributed by atoms with Crippen molar-refractivity contribution in [2.45, 2.75) is 0 Å². The molecule has 0 unspecified atom stereocenters. The number of hydrogen-bond acceptors (Lipinski definition) is 4. The van der Waals surface area contributed by atoms with Crippen LogP contribution in [0.3, 0.4) is 0 Å². The van der Waals surface area contributed by atoms with E-state index in [1.54, 1.807) is 17.1 Å². The fourth-order valence-electron chi connectivity index (χ4n) is 2.72. The summed E-state index contributed by atoms with van der Waals surface area (Å²) in [5.41, 5.74) is 1.05. The monoisotopic (exact) mass is 375 g/mol. The fraction of sp³-hybridized carbons (Fsp3) is 0.333. The van der Waals surface area contributed by atoms with Gasteiger partial charge in [-0.2, -0.15) is 0 Å². The molecule has 118 valence electrons. The van der Waals surface area contributed by atoms with Crippen LogP contribution in [0.2, 0.25) is 0 Å². The van der Waals surface area contributed by atoms with E-state index in [2.05, 4.69) is 20.9 Å². The second-order valence-corrected chi connectivity index (χ2v) is 6.21. The van der Waals surface area contributed by atoms with Gasteiger partial charge in [0.15, 0.2) is 7.98 Å². The quantitative estimate of drug-likeness (QED) is 0.499. The van der Waals surface area contributed by atoms with E-state index < -0.39 is 11.7 Å². The fourth-order valence-corrected chi connectivity index (χ4v) is 3.16. The van der Waals surface area contributed by atoms with E-state index in [-0.39, 0.29) is 0 Å². The lowest BCUT2D eigenvalue weighted by atomic mass is 10.1. The molecule has 1 aliphatic rings. The normalized spacial score (nSPS) is 15.8. The Labute approximate surface area is 143 Å². The molecule has 3 rings (SSSR count). The maximum absolute atomic E-state index is 12.7. The van der Waals surface area contributed by atoms with Crippen molar-refractivity contribution in [3.63, 3.8) is 0 Å². The number of Topliss-reactive ketones (excluding diaryl/α,β-unsaturated/α-hetero) is 1. The minimum Gasteiger partial charge on any atom is -0.496 e. The number of rotatable bonds is 3. The van der Waals surface area contributed by atoms with Gasteiger partial charge >= 0.3 is 0 Å². The number of ether oxygens (including phenoxy) is 1. The average molecular weight is 376 g/mol. The Bertz CT molecular complexity index is 769.